The maximum Gasteiger partial charge on any atom is 0.322 e. The van der Waals surface area contributed by atoms with E-state index in [-0.39, 0.29) is 12.0 Å². The molecule has 1 rings (SSSR count). The fourth-order valence-electron chi connectivity index (χ4n) is 1.41. The topological polar surface area (TPSA) is 64.4 Å². The van der Waals surface area contributed by atoms with Gasteiger partial charge in [-0.2, -0.15) is 0 Å². The molecule has 1 unspecified atom stereocenters. The first-order chi connectivity index (χ1) is 7.77. The van der Waals surface area contributed by atoms with Crippen molar-refractivity contribution in [3.63, 3.8) is 0 Å². The number of methoxy groups -OCH3 is 1. The SMILES string of the molecule is CCCCC(NCc1ccon1)C(=O)OC. The molecular weight excluding hydrogens is 208 g/mol. The molecule has 0 aromatic carbocycles. The van der Waals surface area contributed by atoms with Crippen molar-refractivity contribution in [3.8, 4) is 0 Å². The second-order valence-corrected chi connectivity index (χ2v) is 3.59. The van der Waals surface area contributed by atoms with Gasteiger partial charge >= 0.3 is 5.97 Å². The maximum absolute atomic E-state index is 11.4. The molecular formula is C11H18N2O3. The van der Waals surface area contributed by atoms with Crippen LogP contribution in [0.1, 0.15) is 31.9 Å². The predicted octanol–water partition coefficient (Wildman–Crippen LogP) is 1.50. The van der Waals surface area contributed by atoms with Crippen molar-refractivity contribution in [3.05, 3.63) is 18.0 Å². The summed E-state index contributed by atoms with van der Waals surface area (Å²) in [5.41, 5.74) is 0.783. The van der Waals surface area contributed by atoms with E-state index < -0.39 is 0 Å². The van der Waals surface area contributed by atoms with Gasteiger partial charge in [0.1, 0.15) is 12.3 Å². The molecule has 1 atom stereocenters. The van der Waals surface area contributed by atoms with E-state index in [1.807, 2.05) is 0 Å². The number of carbonyl (C=O) groups is 1. The van der Waals surface area contributed by atoms with E-state index in [1.54, 1.807) is 6.07 Å². The van der Waals surface area contributed by atoms with Crippen LogP contribution in [-0.4, -0.2) is 24.3 Å². The Labute approximate surface area is 95.1 Å². The van der Waals surface area contributed by atoms with Gasteiger partial charge < -0.3 is 9.26 Å². The van der Waals surface area contributed by atoms with Crippen LogP contribution < -0.4 is 5.32 Å². The third-order valence-electron chi connectivity index (χ3n) is 2.35. The largest absolute Gasteiger partial charge is 0.468 e. The van der Waals surface area contributed by atoms with Crippen molar-refractivity contribution in [1.29, 1.82) is 0 Å². The van der Waals surface area contributed by atoms with E-state index in [0.717, 1.165) is 25.0 Å². The molecule has 0 fully saturated rings. The van der Waals surface area contributed by atoms with Gasteiger partial charge in [0.2, 0.25) is 0 Å². The molecule has 5 heteroatoms. The Morgan fingerprint density at radius 3 is 3.06 bits per heavy atom. The highest BCUT2D eigenvalue weighted by Gasteiger charge is 2.17. The van der Waals surface area contributed by atoms with Crippen LogP contribution >= 0.6 is 0 Å². The summed E-state index contributed by atoms with van der Waals surface area (Å²) in [5, 5.41) is 6.87. The lowest BCUT2D eigenvalue weighted by atomic mass is 10.1. The van der Waals surface area contributed by atoms with E-state index >= 15 is 0 Å². The van der Waals surface area contributed by atoms with Gasteiger partial charge in [0.05, 0.1) is 12.8 Å². The number of nitrogens with one attached hydrogen (secondary N) is 1. The molecule has 0 amide bonds. The molecule has 1 heterocycles. The summed E-state index contributed by atoms with van der Waals surface area (Å²) in [6, 6.07) is 1.50. The molecule has 1 aromatic rings. The van der Waals surface area contributed by atoms with E-state index in [4.69, 9.17) is 9.26 Å². The van der Waals surface area contributed by atoms with Crippen LogP contribution in [0.3, 0.4) is 0 Å². The molecule has 1 N–H and O–H groups in total. The highest BCUT2D eigenvalue weighted by molar-refractivity contribution is 5.75. The Kier molecular flexibility index (Phi) is 5.56. The molecule has 0 radical (unpaired) electrons. The smallest absolute Gasteiger partial charge is 0.322 e. The number of hydrogen-bond acceptors (Lipinski definition) is 5. The number of hydrogen-bond donors (Lipinski definition) is 1. The molecule has 0 aliphatic heterocycles. The molecule has 0 aliphatic rings. The monoisotopic (exact) mass is 226 g/mol. The molecule has 16 heavy (non-hydrogen) atoms. The van der Waals surface area contributed by atoms with Gasteiger partial charge in [-0.1, -0.05) is 24.9 Å². The van der Waals surface area contributed by atoms with Crippen LogP contribution in [0.4, 0.5) is 0 Å². The Hall–Kier alpha value is -1.36. The first kappa shape index (κ1) is 12.7. The summed E-state index contributed by atoms with van der Waals surface area (Å²) in [6.07, 6.45) is 4.34. The van der Waals surface area contributed by atoms with Crippen molar-refractivity contribution in [2.24, 2.45) is 0 Å². The summed E-state index contributed by atoms with van der Waals surface area (Å²) in [7, 11) is 1.40. The van der Waals surface area contributed by atoms with Gasteiger partial charge in [-0.15, -0.1) is 0 Å². The van der Waals surface area contributed by atoms with E-state index in [2.05, 4.69) is 17.4 Å². The summed E-state index contributed by atoms with van der Waals surface area (Å²) in [4.78, 5) is 11.4. The number of aromatic nitrogens is 1. The standard InChI is InChI=1S/C11H18N2O3/c1-3-4-5-10(11(14)15-2)12-8-9-6-7-16-13-9/h6-7,10,12H,3-5,8H2,1-2H3. The van der Waals surface area contributed by atoms with Crippen molar-refractivity contribution in [1.82, 2.24) is 10.5 Å². The van der Waals surface area contributed by atoms with Crippen molar-refractivity contribution < 1.29 is 14.1 Å². The summed E-state index contributed by atoms with van der Waals surface area (Å²) in [5.74, 6) is -0.225. The number of rotatable bonds is 7. The van der Waals surface area contributed by atoms with Crippen LogP contribution in [0.2, 0.25) is 0 Å². The predicted molar refractivity (Wildman–Crippen MR) is 58.7 cm³/mol. The van der Waals surface area contributed by atoms with Crippen LogP contribution in [-0.2, 0) is 16.1 Å². The summed E-state index contributed by atoms with van der Waals surface area (Å²) >= 11 is 0. The second kappa shape index (κ2) is 7.00. The summed E-state index contributed by atoms with van der Waals surface area (Å²) < 4.78 is 9.44. The fraction of sp³-hybridized carbons (Fsp3) is 0.636. The van der Waals surface area contributed by atoms with Crippen molar-refractivity contribution >= 4 is 5.97 Å². The Bertz CT molecular complexity index is 298. The number of unbranched alkanes of at least 4 members (excludes halogenated alkanes) is 1. The molecule has 5 nitrogen and oxygen atoms in total. The van der Waals surface area contributed by atoms with Gasteiger partial charge in [-0.05, 0) is 6.42 Å². The molecule has 0 bridgehead atoms. The Balaban J connectivity index is 2.40. The first-order valence-electron chi connectivity index (χ1n) is 5.48. The zero-order chi connectivity index (χ0) is 11.8. The highest BCUT2D eigenvalue weighted by atomic mass is 16.5. The Morgan fingerprint density at radius 2 is 2.50 bits per heavy atom. The van der Waals surface area contributed by atoms with Crippen LogP contribution in [0.25, 0.3) is 0 Å². The highest BCUT2D eigenvalue weighted by Crippen LogP contribution is 2.04. The number of nitrogens with zero attached hydrogens (tertiary/aromatic N) is 1. The molecule has 0 saturated heterocycles. The van der Waals surface area contributed by atoms with Gasteiger partial charge in [-0.3, -0.25) is 10.1 Å². The quantitative estimate of drug-likeness (QED) is 0.714. The minimum Gasteiger partial charge on any atom is -0.468 e. The van der Waals surface area contributed by atoms with Gasteiger partial charge in [0.15, 0.2) is 0 Å². The van der Waals surface area contributed by atoms with Gasteiger partial charge in [0, 0.05) is 12.6 Å². The van der Waals surface area contributed by atoms with E-state index in [1.165, 1.54) is 13.4 Å². The van der Waals surface area contributed by atoms with Crippen LogP contribution in [0, 0.1) is 0 Å². The van der Waals surface area contributed by atoms with Gasteiger partial charge in [-0.25, -0.2) is 0 Å². The zero-order valence-electron chi connectivity index (χ0n) is 9.73. The maximum atomic E-state index is 11.4. The third-order valence-corrected chi connectivity index (χ3v) is 2.35. The lowest BCUT2D eigenvalue weighted by molar-refractivity contribution is -0.143. The minimum absolute atomic E-state index is 0.225. The van der Waals surface area contributed by atoms with Crippen molar-refractivity contribution in [2.75, 3.05) is 7.11 Å². The molecule has 0 aliphatic carbocycles. The van der Waals surface area contributed by atoms with Crippen LogP contribution in [0.15, 0.2) is 16.9 Å². The minimum atomic E-state index is -0.262. The second-order valence-electron chi connectivity index (χ2n) is 3.59. The lowest BCUT2D eigenvalue weighted by Crippen LogP contribution is -2.37. The molecule has 90 valence electrons. The van der Waals surface area contributed by atoms with Crippen LogP contribution in [0.5, 0.6) is 0 Å². The average Bonchev–Trinajstić information content (AvgIpc) is 2.81. The summed E-state index contributed by atoms with van der Waals surface area (Å²) in [6.45, 7) is 2.60. The number of carbonyl (C=O) groups excluding carboxylic acids is 1. The Morgan fingerprint density at radius 1 is 1.69 bits per heavy atom. The number of esters is 1. The first-order valence-corrected chi connectivity index (χ1v) is 5.48. The molecule has 1 aromatic heterocycles. The zero-order valence-corrected chi connectivity index (χ0v) is 9.73. The van der Waals surface area contributed by atoms with E-state index in [0.29, 0.717) is 6.54 Å². The van der Waals surface area contributed by atoms with Crippen molar-refractivity contribution in [2.45, 2.75) is 38.8 Å². The average molecular weight is 226 g/mol. The number of ether oxygens (including phenoxy) is 1. The molecule has 0 spiro atoms. The van der Waals surface area contributed by atoms with Gasteiger partial charge in [0.25, 0.3) is 0 Å². The fourth-order valence-corrected chi connectivity index (χ4v) is 1.41. The normalized spacial score (nSPS) is 12.4. The van der Waals surface area contributed by atoms with E-state index in [9.17, 15) is 4.79 Å². The lowest BCUT2D eigenvalue weighted by Gasteiger charge is -2.14. The third kappa shape index (κ3) is 4.02. The molecule has 0 saturated carbocycles.